The molecule has 0 saturated carbocycles. The number of methoxy groups -OCH3 is 1. The van der Waals surface area contributed by atoms with Gasteiger partial charge < -0.3 is 15.2 Å². The zero-order chi connectivity index (χ0) is 12.3. The summed E-state index contributed by atoms with van der Waals surface area (Å²) >= 11 is 6.01. The van der Waals surface area contributed by atoms with E-state index in [0.29, 0.717) is 10.8 Å². The summed E-state index contributed by atoms with van der Waals surface area (Å²) in [6.07, 6.45) is -0.430. The lowest BCUT2D eigenvalue weighted by Crippen LogP contribution is -2.28. The average molecular weight is 244 g/mol. The Morgan fingerprint density at radius 1 is 1.38 bits per heavy atom. The maximum Gasteiger partial charge on any atom is 0.143 e. The first-order chi connectivity index (χ1) is 7.45. The molecule has 0 heterocycles. The molecule has 0 amide bonds. The molecule has 2 N–H and O–H groups in total. The molecule has 0 aliphatic carbocycles. The number of halogens is 1. The van der Waals surface area contributed by atoms with Crippen molar-refractivity contribution in [3.05, 3.63) is 22.7 Å². The van der Waals surface area contributed by atoms with Crippen molar-refractivity contribution >= 4 is 17.3 Å². The average Bonchev–Trinajstić information content (AvgIpc) is 2.22. The smallest absolute Gasteiger partial charge is 0.143 e. The molecular formula is C12H18ClNO2. The zero-order valence-corrected chi connectivity index (χ0v) is 10.8. The highest BCUT2D eigenvalue weighted by Crippen LogP contribution is 2.31. The summed E-state index contributed by atoms with van der Waals surface area (Å²) in [4.78, 5) is 0. The van der Waals surface area contributed by atoms with Gasteiger partial charge in [0.25, 0.3) is 0 Å². The minimum absolute atomic E-state index is 0.0468. The van der Waals surface area contributed by atoms with Gasteiger partial charge >= 0.3 is 0 Å². The molecule has 0 bridgehead atoms. The molecule has 90 valence electrons. The van der Waals surface area contributed by atoms with Crippen molar-refractivity contribution in [2.45, 2.75) is 32.9 Å². The molecule has 0 aromatic heterocycles. The summed E-state index contributed by atoms with van der Waals surface area (Å²) in [5, 5.41) is 13.3. The van der Waals surface area contributed by atoms with E-state index in [1.165, 1.54) is 0 Å². The van der Waals surface area contributed by atoms with Crippen LogP contribution in [0.4, 0.5) is 5.69 Å². The molecule has 3 nitrogen and oxygen atoms in total. The third kappa shape index (κ3) is 3.03. The molecular weight excluding hydrogens is 226 g/mol. The predicted molar refractivity (Wildman–Crippen MR) is 67.5 cm³/mol. The van der Waals surface area contributed by atoms with Crippen LogP contribution in [0.2, 0.25) is 5.02 Å². The summed E-state index contributed by atoms with van der Waals surface area (Å²) in [5.41, 5.74) is 1.82. The molecule has 0 aliphatic rings. The summed E-state index contributed by atoms with van der Waals surface area (Å²) in [5.74, 6) is 0.683. The van der Waals surface area contributed by atoms with E-state index in [1.54, 1.807) is 20.1 Å². The Balaban J connectivity index is 2.98. The van der Waals surface area contributed by atoms with Crippen LogP contribution in [0.1, 0.15) is 19.4 Å². The van der Waals surface area contributed by atoms with Crippen LogP contribution >= 0.6 is 11.6 Å². The number of hydrogen-bond acceptors (Lipinski definition) is 3. The largest absolute Gasteiger partial charge is 0.495 e. The Kier molecular flexibility index (Phi) is 4.44. The fourth-order valence-electron chi connectivity index (χ4n) is 1.31. The molecule has 0 radical (unpaired) electrons. The molecule has 0 spiro atoms. The highest BCUT2D eigenvalue weighted by atomic mass is 35.5. The SMILES string of the molecule is COc1cc(Cl)c(C)cc1NC(C)C(C)O. The highest BCUT2D eigenvalue weighted by Gasteiger charge is 2.12. The van der Waals surface area contributed by atoms with Gasteiger partial charge in [-0.1, -0.05) is 11.6 Å². The van der Waals surface area contributed by atoms with Gasteiger partial charge in [0.2, 0.25) is 0 Å². The molecule has 4 heteroatoms. The number of hydrogen-bond donors (Lipinski definition) is 2. The van der Waals surface area contributed by atoms with E-state index in [2.05, 4.69) is 5.32 Å². The van der Waals surface area contributed by atoms with E-state index in [4.69, 9.17) is 16.3 Å². The normalized spacial score (nSPS) is 14.4. The number of anilines is 1. The van der Waals surface area contributed by atoms with Crippen LogP contribution in [-0.4, -0.2) is 24.4 Å². The van der Waals surface area contributed by atoms with E-state index in [9.17, 15) is 5.11 Å². The quantitative estimate of drug-likeness (QED) is 0.855. The summed E-state index contributed by atoms with van der Waals surface area (Å²) in [7, 11) is 1.60. The van der Waals surface area contributed by atoms with Crippen LogP contribution in [-0.2, 0) is 0 Å². The van der Waals surface area contributed by atoms with Gasteiger partial charge in [-0.2, -0.15) is 0 Å². The monoisotopic (exact) mass is 243 g/mol. The van der Waals surface area contributed by atoms with E-state index < -0.39 is 6.10 Å². The molecule has 1 aromatic rings. The molecule has 0 saturated heterocycles. The van der Waals surface area contributed by atoms with Gasteiger partial charge in [-0.25, -0.2) is 0 Å². The van der Waals surface area contributed by atoms with Crippen molar-refractivity contribution in [2.75, 3.05) is 12.4 Å². The van der Waals surface area contributed by atoms with Crippen LogP contribution in [0.5, 0.6) is 5.75 Å². The van der Waals surface area contributed by atoms with E-state index in [1.807, 2.05) is 19.9 Å². The Morgan fingerprint density at radius 3 is 2.50 bits per heavy atom. The van der Waals surface area contributed by atoms with Crippen LogP contribution in [0.3, 0.4) is 0 Å². The minimum atomic E-state index is -0.430. The third-order valence-corrected chi connectivity index (χ3v) is 2.99. The van der Waals surface area contributed by atoms with Crippen molar-refractivity contribution in [3.8, 4) is 5.75 Å². The highest BCUT2D eigenvalue weighted by molar-refractivity contribution is 6.31. The molecule has 0 fully saturated rings. The first-order valence-corrected chi connectivity index (χ1v) is 5.62. The standard InChI is InChI=1S/C12H18ClNO2/c1-7-5-11(14-8(2)9(3)15)12(16-4)6-10(7)13/h5-6,8-9,14-15H,1-4H3. The number of nitrogens with one attached hydrogen (secondary N) is 1. The lowest BCUT2D eigenvalue weighted by Gasteiger charge is -2.20. The topological polar surface area (TPSA) is 41.5 Å². The van der Waals surface area contributed by atoms with Crippen molar-refractivity contribution in [2.24, 2.45) is 0 Å². The fraction of sp³-hybridized carbons (Fsp3) is 0.500. The fourth-order valence-corrected chi connectivity index (χ4v) is 1.46. The van der Waals surface area contributed by atoms with Crippen LogP contribution < -0.4 is 10.1 Å². The second-order valence-electron chi connectivity index (χ2n) is 3.98. The second-order valence-corrected chi connectivity index (χ2v) is 4.38. The van der Waals surface area contributed by atoms with Crippen LogP contribution in [0.15, 0.2) is 12.1 Å². The van der Waals surface area contributed by atoms with Crippen molar-refractivity contribution in [1.29, 1.82) is 0 Å². The third-order valence-electron chi connectivity index (χ3n) is 2.59. The lowest BCUT2D eigenvalue weighted by molar-refractivity contribution is 0.177. The summed E-state index contributed by atoms with van der Waals surface area (Å²) in [6, 6.07) is 3.64. The number of aliphatic hydroxyl groups is 1. The van der Waals surface area contributed by atoms with Crippen LogP contribution in [0, 0.1) is 6.92 Å². The number of aliphatic hydroxyl groups excluding tert-OH is 1. The number of benzene rings is 1. The molecule has 0 aliphatic heterocycles. The Morgan fingerprint density at radius 2 is 2.00 bits per heavy atom. The van der Waals surface area contributed by atoms with Gasteiger partial charge in [0.15, 0.2) is 0 Å². The number of aryl methyl sites for hydroxylation is 1. The molecule has 1 rings (SSSR count). The molecule has 1 aromatic carbocycles. The Bertz CT molecular complexity index is 366. The van der Waals surface area contributed by atoms with Gasteiger partial charge in [-0.15, -0.1) is 0 Å². The first kappa shape index (κ1) is 13.1. The van der Waals surface area contributed by atoms with E-state index in [-0.39, 0.29) is 6.04 Å². The first-order valence-electron chi connectivity index (χ1n) is 5.24. The summed E-state index contributed by atoms with van der Waals surface area (Å²) in [6.45, 7) is 5.58. The van der Waals surface area contributed by atoms with E-state index >= 15 is 0 Å². The second kappa shape index (κ2) is 5.41. The Hall–Kier alpha value is -0.930. The van der Waals surface area contributed by atoms with Gasteiger partial charge in [-0.3, -0.25) is 0 Å². The van der Waals surface area contributed by atoms with Crippen molar-refractivity contribution in [1.82, 2.24) is 0 Å². The molecule has 2 unspecified atom stereocenters. The molecule has 2 atom stereocenters. The van der Waals surface area contributed by atoms with Gasteiger partial charge in [0, 0.05) is 17.1 Å². The summed E-state index contributed by atoms with van der Waals surface area (Å²) < 4.78 is 5.23. The van der Waals surface area contributed by atoms with E-state index in [0.717, 1.165) is 11.3 Å². The van der Waals surface area contributed by atoms with Gasteiger partial charge in [-0.05, 0) is 32.4 Å². The zero-order valence-electron chi connectivity index (χ0n) is 10.0. The Labute approximate surface area is 101 Å². The van der Waals surface area contributed by atoms with Gasteiger partial charge in [0.1, 0.15) is 5.75 Å². The number of ether oxygens (including phenoxy) is 1. The number of rotatable bonds is 4. The predicted octanol–water partition coefficient (Wildman–Crippen LogP) is 2.84. The molecule has 16 heavy (non-hydrogen) atoms. The van der Waals surface area contributed by atoms with Gasteiger partial charge in [0.05, 0.1) is 18.9 Å². The minimum Gasteiger partial charge on any atom is -0.495 e. The van der Waals surface area contributed by atoms with Crippen molar-refractivity contribution in [3.63, 3.8) is 0 Å². The van der Waals surface area contributed by atoms with Crippen molar-refractivity contribution < 1.29 is 9.84 Å². The maximum atomic E-state index is 9.44. The van der Waals surface area contributed by atoms with Crippen LogP contribution in [0.25, 0.3) is 0 Å². The lowest BCUT2D eigenvalue weighted by atomic mass is 10.1. The maximum absolute atomic E-state index is 9.44.